The van der Waals surface area contributed by atoms with E-state index in [4.69, 9.17) is 4.74 Å². The second-order valence-corrected chi connectivity index (χ2v) is 8.86. The maximum Gasteiger partial charge on any atom is 0.275 e. The lowest BCUT2D eigenvalue weighted by Gasteiger charge is -2.26. The summed E-state index contributed by atoms with van der Waals surface area (Å²) in [4.78, 5) is 25.9. The van der Waals surface area contributed by atoms with Gasteiger partial charge in [-0.2, -0.15) is 5.10 Å². The van der Waals surface area contributed by atoms with Gasteiger partial charge in [-0.1, -0.05) is 12.1 Å². The highest BCUT2D eigenvalue weighted by atomic mass is 32.1. The summed E-state index contributed by atoms with van der Waals surface area (Å²) in [5.41, 5.74) is 2.81. The fourth-order valence-corrected chi connectivity index (χ4v) is 4.51. The number of aromatic amines is 1. The zero-order chi connectivity index (χ0) is 21.9. The fourth-order valence-electron chi connectivity index (χ4n) is 3.66. The van der Waals surface area contributed by atoms with Crippen LogP contribution in [0, 0.1) is 6.92 Å². The van der Waals surface area contributed by atoms with Crippen molar-refractivity contribution in [2.45, 2.75) is 13.5 Å². The molecule has 32 heavy (non-hydrogen) atoms. The lowest BCUT2D eigenvalue weighted by Crippen LogP contribution is -2.35. The molecule has 1 aliphatic heterocycles. The van der Waals surface area contributed by atoms with Crippen molar-refractivity contribution < 1.29 is 9.53 Å². The third-order valence-corrected chi connectivity index (χ3v) is 6.25. The average molecular weight is 450 g/mol. The van der Waals surface area contributed by atoms with Crippen LogP contribution in [0.15, 0.2) is 42.9 Å². The van der Waals surface area contributed by atoms with E-state index in [2.05, 4.69) is 35.7 Å². The van der Waals surface area contributed by atoms with E-state index in [9.17, 15) is 4.79 Å². The molecule has 0 spiro atoms. The van der Waals surface area contributed by atoms with Crippen molar-refractivity contribution in [3.05, 3.63) is 59.0 Å². The number of aromatic nitrogens is 4. The predicted octanol–water partition coefficient (Wildman–Crippen LogP) is 3.55. The number of thiophene rings is 1. The number of nitrogens with one attached hydrogen (secondary N) is 3. The van der Waals surface area contributed by atoms with Crippen molar-refractivity contribution in [3.63, 3.8) is 0 Å². The van der Waals surface area contributed by atoms with E-state index in [1.807, 2.05) is 37.3 Å². The van der Waals surface area contributed by atoms with E-state index in [1.165, 1.54) is 11.9 Å². The Morgan fingerprint density at radius 3 is 2.84 bits per heavy atom. The van der Waals surface area contributed by atoms with Gasteiger partial charge in [0.1, 0.15) is 22.7 Å². The second-order valence-electron chi connectivity index (χ2n) is 7.62. The minimum Gasteiger partial charge on any atom is -0.379 e. The highest BCUT2D eigenvalue weighted by Gasteiger charge is 2.17. The normalized spacial score (nSPS) is 14.5. The number of hydrogen-bond donors (Lipinski definition) is 3. The minimum absolute atomic E-state index is 0.280. The lowest BCUT2D eigenvalue weighted by atomic mass is 10.2. The molecular weight excluding hydrogens is 426 g/mol. The minimum atomic E-state index is -0.280. The summed E-state index contributed by atoms with van der Waals surface area (Å²) in [6.07, 6.45) is 3.09. The van der Waals surface area contributed by atoms with Gasteiger partial charge in [-0.15, -0.1) is 11.3 Å². The van der Waals surface area contributed by atoms with E-state index in [-0.39, 0.29) is 5.91 Å². The molecule has 0 unspecified atom stereocenters. The number of fused-ring (bicyclic) bond motifs is 1. The fraction of sp³-hybridized carbons (Fsp3) is 0.273. The second kappa shape index (κ2) is 9.03. The van der Waals surface area contributed by atoms with E-state index in [0.717, 1.165) is 53.6 Å². The first kappa shape index (κ1) is 20.6. The summed E-state index contributed by atoms with van der Waals surface area (Å²) in [6.45, 7) is 6.35. The van der Waals surface area contributed by atoms with Crippen molar-refractivity contribution in [2.75, 3.05) is 36.9 Å². The van der Waals surface area contributed by atoms with Crippen LogP contribution in [-0.2, 0) is 11.3 Å². The third kappa shape index (κ3) is 4.47. The number of amides is 1. The Labute approximate surface area is 188 Å². The van der Waals surface area contributed by atoms with Gasteiger partial charge in [0.25, 0.3) is 5.91 Å². The van der Waals surface area contributed by atoms with Gasteiger partial charge in [0.2, 0.25) is 0 Å². The van der Waals surface area contributed by atoms with Crippen LogP contribution in [0.3, 0.4) is 0 Å². The maximum absolute atomic E-state index is 12.9. The van der Waals surface area contributed by atoms with Gasteiger partial charge < -0.3 is 15.4 Å². The number of aryl methyl sites for hydroxylation is 1. The van der Waals surface area contributed by atoms with Crippen LogP contribution in [0.4, 0.5) is 17.2 Å². The summed E-state index contributed by atoms with van der Waals surface area (Å²) in [6, 6.07) is 9.93. The quantitative estimate of drug-likeness (QED) is 0.413. The number of carbonyl (C=O) groups excluding carboxylic acids is 1. The van der Waals surface area contributed by atoms with Crippen LogP contribution < -0.4 is 10.6 Å². The smallest absolute Gasteiger partial charge is 0.275 e. The molecule has 0 radical (unpaired) electrons. The van der Waals surface area contributed by atoms with Crippen LogP contribution in [0.5, 0.6) is 0 Å². The van der Waals surface area contributed by atoms with Crippen LogP contribution in [0.25, 0.3) is 10.2 Å². The summed E-state index contributed by atoms with van der Waals surface area (Å²) in [5, 5.41) is 13.9. The Morgan fingerprint density at radius 2 is 2.03 bits per heavy atom. The topological polar surface area (TPSA) is 108 Å². The summed E-state index contributed by atoms with van der Waals surface area (Å²) < 4.78 is 5.40. The summed E-state index contributed by atoms with van der Waals surface area (Å²) in [5.74, 6) is 0.361. The number of hydrogen-bond acceptors (Lipinski definition) is 8. The molecule has 9 nitrogen and oxygen atoms in total. The van der Waals surface area contributed by atoms with Crippen molar-refractivity contribution in [1.82, 2.24) is 25.1 Å². The number of ether oxygens (including phenoxy) is 1. The molecule has 1 saturated heterocycles. The molecule has 10 heteroatoms. The van der Waals surface area contributed by atoms with Crippen LogP contribution in [0.1, 0.15) is 20.9 Å². The predicted molar refractivity (Wildman–Crippen MR) is 125 cm³/mol. The van der Waals surface area contributed by atoms with Gasteiger partial charge in [-0.25, -0.2) is 9.97 Å². The van der Waals surface area contributed by atoms with E-state index >= 15 is 0 Å². The van der Waals surface area contributed by atoms with Gasteiger partial charge in [-0.05, 0) is 30.7 Å². The van der Waals surface area contributed by atoms with Gasteiger partial charge in [0.15, 0.2) is 0 Å². The first-order valence-electron chi connectivity index (χ1n) is 10.4. The molecular formula is C22H23N7O2S. The Bertz CT molecular complexity index is 1230. The number of morpholine rings is 1. The van der Waals surface area contributed by atoms with E-state index < -0.39 is 0 Å². The van der Waals surface area contributed by atoms with Crippen molar-refractivity contribution >= 4 is 44.7 Å². The van der Waals surface area contributed by atoms with Gasteiger partial charge >= 0.3 is 0 Å². The highest BCUT2D eigenvalue weighted by molar-refractivity contribution is 7.18. The Hall–Kier alpha value is -3.34. The SMILES string of the molecule is Cc1cc2c(Nc3cn[nH]c3C(=O)Nc3ccc(CN4CCOCC4)cc3)ncnc2s1. The van der Waals surface area contributed by atoms with E-state index in [1.54, 1.807) is 17.5 Å². The molecule has 3 aromatic heterocycles. The molecule has 0 saturated carbocycles. The first-order chi connectivity index (χ1) is 15.7. The number of anilines is 3. The molecule has 164 valence electrons. The Balaban J connectivity index is 1.27. The number of benzene rings is 1. The monoisotopic (exact) mass is 449 g/mol. The lowest BCUT2D eigenvalue weighted by molar-refractivity contribution is 0.0342. The number of nitrogens with zero attached hydrogens (tertiary/aromatic N) is 4. The number of rotatable bonds is 6. The molecule has 0 atom stereocenters. The average Bonchev–Trinajstić information content (AvgIpc) is 3.42. The molecule has 0 bridgehead atoms. The largest absolute Gasteiger partial charge is 0.379 e. The van der Waals surface area contributed by atoms with Crippen LogP contribution >= 0.6 is 11.3 Å². The molecule has 1 aliphatic rings. The molecule has 3 N–H and O–H groups in total. The standard InChI is InChI=1S/C22H23N7O2S/c1-14-10-17-20(23-13-24-22(17)32-14)27-18-11-25-28-19(18)21(30)26-16-4-2-15(3-5-16)12-29-6-8-31-9-7-29/h2-5,10-11,13H,6-9,12H2,1H3,(H,25,28)(H,26,30)(H,23,24,27). The van der Waals surface area contributed by atoms with Gasteiger partial charge in [-0.3, -0.25) is 14.8 Å². The van der Waals surface area contributed by atoms with E-state index in [0.29, 0.717) is 17.2 Å². The Kier molecular flexibility index (Phi) is 5.80. The molecule has 5 rings (SSSR count). The first-order valence-corrected chi connectivity index (χ1v) is 11.2. The third-order valence-electron chi connectivity index (χ3n) is 5.29. The summed E-state index contributed by atoms with van der Waals surface area (Å²) in [7, 11) is 0. The molecule has 1 fully saturated rings. The zero-order valence-corrected chi connectivity index (χ0v) is 18.4. The molecule has 4 heterocycles. The van der Waals surface area contributed by atoms with Crippen LogP contribution in [0.2, 0.25) is 0 Å². The number of H-pyrrole nitrogens is 1. The zero-order valence-electron chi connectivity index (χ0n) is 17.6. The van der Waals surface area contributed by atoms with Gasteiger partial charge in [0.05, 0.1) is 30.5 Å². The van der Waals surface area contributed by atoms with Crippen LogP contribution in [-0.4, -0.2) is 57.3 Å². The molecule has 1 aromatic carbocycles. The molecule has 4 aromatic rings. The Morgan fingerprint density at radius 1 is 1.22 bits per heavy atom. The number of carbonyl (C=O) groups is 1. The van der Waals surface area contributed by atoms with Crippen molar-refractivity contribution in [1.29, 1.82) is 0 Å². The molecule has 0 aliphatic carbocycles. The van der Waals surface area contributed by atoms with Crippen molar-refractivity contribution in [3.8, 4) is 0 Å². The highest BCUT2D eigenvalue weighted by Crippen LogP contribution is 2.30. The maximum atomic E-state index is 12.9. The molecule has 1 amide bonds. The van der Waals surface area contributed by atoms with Crippen molar-refractivity contribution in [2.24, 2.45) is 0 Å². The summed E-state index contributed by atoms with van der Waals surface area (Å²) >= 11 is 1.60. The van der Waals surface area contributed by atoms with Gasteiger partial charge in [0, 0.05) is 30.2 Å².